The number of methoxy groups -OCH3 is 1. The molecule has 4 rings (SSSR count). The summed E-state index contributed by atoms with van der Waals surface area (Å²) in [6, 6.07) is 8.79. The topological polar surface area (TPSA) is 76.5 Å². The second kappa shape index (κ2) is 10.1. The Morgan fingerprint density at radius 1 is 1.24 bits per heavy atom. The van der Waals surface area contributed by atoms with Crippen molar-refractivity contribution < 1.29 is 14.3 Å². The van der Waals surface area contributed by atoms with E-state index in [1.807, 2.05) is 24.4 Å². The molecule has 1 aliphatic heterocycles. The van der Waals surface area contributed by atoms with E-state index in [1.165, 1.54) is 31.1 Å². The van der Waals surface area contributed by atoms with Crippen LogP contribution in [0.3, 0.4) is 0 Å². The Morgan fingerprint density at radius 2 is 2.00 bits per heavy atom. The van der Waals surface area contributed by atoms with Gasteiger partial charge in [0.15, 0.2) is 0 Å². The monoisotopic (exact) mass is 464 g/mol. The van der Waals surface area contributed by atoms with Crippen LogP contribution in [0.15, 0.2) is 53.9 Å². The summed E-state index contributed by atoms with van der Waals surface area (Å²) in [5, 5.41) is 7.34. The maximum atomic E-state index is 12.9. The maximum absolute atomic E-state index is 12.9. The summed E-state index contributed by atoms with van der Waals surface area (Å²) in [7, 11) is 1.44. The Hall–Kier alpha value is -2.93. The Balaban J connectivity index is 1.40. The van der Waals surface area contributed by atoms with Crippen LogP contribution in [0.2, 0.25) is 0 Å². The van der Waals surface area contributed by atoms with Crippen LogP contribution < -0.4 is 5.32 Å². The zero-order valence-electron chi connectivity index (χ0n) is 20.7. The van der Waals surface area contributed by atoms with Gasteiger partial charge in [0.1, 0.15) is 6.04 Å². The number of allylic oxidation sites excluding steroid dienone is 1. The summed E-state index contributed by atoms with van der Waals surface area (Å²) in [5.41, 5.74) is 4.71. The summed E-state index contributed by atoms with van der Waals surface area (Å²) < 4.78 is 6.84. The summed E-state index contributed by atoms with van der Waals surface area (Å²) in [6.07, 6.45) is 8.70. The molecule has 182 valence electrons. The summed E-state index contributed by atoms with van der Waals surface area (Å²) in [4.78, 5) is 27.6. The molecule has 0 saturated carbocycles. The summed E-state index contributed by atoms with van der Waals surface area (Å²) in [6.45, 7) is 8.34. The third-order valence-electron chi connectivity index (χ3n) is 7.45. The molecule has 34 heavy (non-hydrogen) atoms. The highest BCUT2D eigenvalue weighted by Gasteiger charge is 2.39. The number of nitrogens with zero attached hydrogens (tertiary/aromatic N) is 3. The fourth-order valence-corrected chi connectivity index (χ4v) is 5.57. The standard InChI is InChI=1S/C27H36N4O3/c1-19-7-5-13-27(2,3)23(19)12-16-30-18-21(17-24(30)26(33)34-4)29-25(32)20-8-10-22(11-9-20)31-15-6-14-28-31/h6,8-11,14-15,21,24H,5,7,12-13,16-18H2,1-4H3,(H,29,32)/t21-,24+/m1/s1. The molecule has 1 saturated heterocycles. The van der Waals surface area contributed by atoms with E-state index >= 15 is 0 Å². The average molecular weight is 465 g/mol. The van der Waals surface area contributed by atoms with E-state index in [0.29, 0.717) is 18.5 Å². The van der Waals surface area contributed by atoms with Gasteiger partial charge in [-0.2, -0.15) is 5.10 Å². The number of nitrogens with one attached hydrogen (secondary N) is 1. The third kappa shape index (κ3) is 5.25. The van der Waals surface area contributed by atoms with E-state index in [0.717, 1.165) is 25.1 Å². The lowest BCUT2D eigenvalue weighted by molar-refractivity contribution is -0.145. The van der Waals surface area contributed by atoms with Crippen LogP contribution in [0.5, 0.6) is 0 Å². The van der Waals surface area contributed by atoms with Gasteiger partial charge >= 0.3 is 5.97 Å². The molecule has 0 radical (unpaired) electrons. The van der Waals surface area contributed by atoms with Gasteiger partial charge < -0.3 is 10.1 Å². The number of amides is 1. The summed E-state index contributed by atoms with van der Waals surface area (Å²) in [5.74, 6) is -0.358. The molecule has 2 aromatic rings. The van der Waals surface area contributed by atoms with Crippen molar-refractivity contribution in [1.82, 2.24) is 20.0 Å². The second-order valence-electron chi connectivity index (χ2n) is 10.2. The molecule has 1 aliphatic carbocycles. The van der Waals surface area contributed by atoms with Crippen molar-refractivity contribution in [1.29, 1.82) is 0 Å². The van der Waals surface area contributed by atoms with Gasteiger partial charge in [0.05, 0.1) is 12.8 Å². The zero-order valence-corrected chi connectivity index (χ0v) is 20.7. The number of rotatable bonds is 7. The van der Waals surface area contributed by atoms with Crippen LogP contribution >= 0.6 is 0 Å². The third-order valence-corrected chi connectivity index (χ3v) is 7.45. The summed E-state index contributed by atoms with van der Waals surface area (Å²) >= 11 is 0. The lowest BCUT2D eigenvalue weighted by Gasteiger charge is -2.36. The average Bonchev–Trinajstić information content (AvgIpc) is 3.48. The van der Waals surface area contributed by atoms with E-state index < -0.39 is 0 Å². The van der Waals surface area contributed by atoms with Crippen molar-refractivity contribution in [3.8, 4) is 5.69 Å². The van der Waals surface area contributed by atoms with Crippen molar-refractivity contribution in [3.63, 3.8) is 0 Å². The first kappa shape index (κ1) is 24.2. The van der Waals surface area contributed by atoms with Crippen molar-refractivity contribution in [2.24, 2.45) is 5.41 Å². The number of carbonyl (C=O) groups is 2. The number of likely N-dealkylation sites (tertiary alicyclic amines) is 1. The highest BCUT2D eigenvalue weighted by atomic mass is 16.5. The number of aromatic nitrogens is 2. The van der Waals surface area contributed by atoms with Crippen LogP contribution in [-0.2, 0) is 9.53 Å². The molecule has 2 aliphatic rings. The number of benzene rings is 1. The normalized spacial score (nSPS) is 22.6. The van der Waals surface area contributed by atoms with E-state index in [4.69, 9.17) is 4.74 Å². The fourth-order valence-electron chi connectivity index (χ4n) is 5.57. The second-order valence-corrected chi connectivity index (χ2v) is 10.2. The smallest absolute Gasteiger partial charge is 0.323 e. The van der Waals surface area contributed by atoms with Gasteiger partial charge in [0.2, 0.25) is 0 Å². The minimum absolute atomic E-state index is 0.100. The molecule has 0 spiro atoms. The van der Waals surface area contributed by atoms with Gasteiger partial charge in [-0.1, -0.05) is 25.0 Å². The molecule has 1 aromatic carbocycles. The predicted molar refractivity (Wildman–Crippen MR) is 132 cm³/mol. The van der Waals surface area contributed by atoms with Gasteiger partial charge in [-0.25, -0.2) is 4.68 Å². The molecule has 0 unspecified atom stereocenters. The Labute approximate surface area is 202 Å². The van der Waals surface area contributed by atoms with Gasteiger partial charge in [-0.15, -0.1) is 0 Å². The van der Waals surface area contributed by atoms with Crippen molar-refractivity contribution in [2.75, 3.05) is 20.2 Å². The SMILES string of the molecule is COC(=O)[C@@H]1C[C@@H](NC(=O)c2ccc(-n3cccn3)cc2)CN1CCC1=C(C)CCCC1(C)C. The number of hydrogen-bond acceptors (Lipinski definition) is 5. The van der Waals surface area contributed by atoms with Crippen molar-refractivity contribution in [3.05, 3.63) is 59.4 Å². The van der Waals surface area contributed by atoms with Crippen molar-refractivity contribution >= 4 is 11.9 Å². The van der Waals surface area contributed by atoms with E-state index in [9.17, 15) is 9.59 Å². The largest absolute Gasteiger partial charge is 0.468 e. The van der Waals surface area contributed by atoms with Crippen LogP contribution in [0.1, 0.15) is 63.2 Å². The lowest BCUT2D eigenvalue weighted by atomic mass is 9.71. The first-order chi connectivity index (χ1) is 16.3. The molecule has 1 aromatic heterocycles. The highest BCUT2D eigenvalue weighted by Crippen LogP contribution is 2.42. The molecular formula is C27H36N4O3. The van der Waals surface area contributed by atoms with Crippen LogP contribution in [0, 0.1) is 5.41 Å². The molecular weight excluding hydrogens is 428 g/mol. The molecule has 7 heteroatoms. The molecule has 2 heterocycles. The van der Waals surface area contributed by atoms with Gasteiger partial charge in [-0.05, 0) is 74.8 Å². The van der Waals surface area contributed by atoms with E-state index in [-0.39, 0.29) is 29.4 Å². The Kier molecular flexibility index (Phi) is 7.22. The maximum Gasteiger partial charge on any atom is 0.323 e. The highest BCUT2D eigenvalue weighted by molar-refractivity contribution is 5.94. The van der Waals surface area contributed by atoms with Gasteiger partial charge in [-0.3, -0.25) is 14.5 Å². The minimum atomic E-state index is -0.329. The van der Waals surface area contributed by atoms with Crippen LogP contribution in [0.4, 0.5) is 0 Å². The fraction of sp³-hybridized carbons (Fsp3) is 0.519. The molecule has 1 amide bonds. The lowest BCUT2D eigenvalue weighted by Crippen LogP contribution is -2.39. The minimum Gasteiger partial charge on any atom is -0.468 e. The first-order valence-corrected chi connectivity index (χ1v) is 12.2. The van der Waals surface area contributed by atoms with Gasteiger partial charge in [0, 0.05) is 37.1 Å². The zero-order chi connectivity index (χ0) is 24.3. The Morgan fingerprint density at radius 3 is 2.65 bits per heavy atom. The van der Waals surface area contributed by atoms with E-state index in [1.54, 1.807) is 23.0 Å². The molecule has 2 atom stereocenters. The molecule has 1 fully saturated rings. The first-order valence-electron chi connectivity index (χ1n) is 12.2. The molecule has 1 N–H and O–H groups in total. The van der Waals surface area contributed by atoms with E-state index in [2.05, 4.69) is 36.1 Å². The number of ether oxygens (including phenoxy) is 1. The Bertz CT molecular complexity index is 1040. The predicted octanol–water partition coefficient (Wildman–Crippen LogP) is 4.13. The number of carbonyl (C=O) groups excluding carboxylic acids is 2. The number of hydrogen-bond donors (Lipinski definition) is 1. The number of esters is 1. The quantitative estimate of drug-likeness (QED) is 0.492. The molecule has 7 nitrogen and oxygen atoms in total. The van der Waals surface area contributed by atoms with Crippen LogP contribution in [-0.4, -0.2) is 58.8 Å². The van der Waals surface area contributed by atoms with Crippen LogP contribution in [0.25, 0.3) is 5.69 Å². The van der Waals surface area contributed by atoms with Gasteiger partial charge in [0.25, 0.3) is 5.91 Å². The van der Waals surface area contributed by atoms with Crippen molar-refractivity contribution in [2.45, 2.75) is 65.0 Å². The molecule has 0 bridgehead atoms.